The van der Waals surface area contributed by atoms with E-state index in [0.29, 0.717) is 6.07 Å². The minimum Gasteiger partial charge on any atom is -0.355 e. The van der Waals surface area contributed by atoms with E-state index in [1.807, 2.05) is 0 Å². The Morgan fingerprint density at radius 1 is 1.22 bits per heavy atom. The molecule has 1 saturated heterocycles. The molecule has 0 aromatic carbocycles. The van der Waals surface area contributed by atoms with Crippen LogP contribution in [0, 0.1) is 11.3 Å². The van der Waals surface area contributed by atoms with Gasteiger partial charge in [0.15, 0.2) is 10.7 Å². The number of nitrogens with two attached hydrogens (primary N) is 1. The van der Waals surface area contributed by atoms with Crippen LogP contribution in [0.3, 0.4) is 0 Å². The molecule has 1 fully saturated rings. The zero-order chi connectivity index (χ0) is 26.9. The molecule has 0 aliphatic carbocycles. The van der Waals surface area contributed by atoms with Crippen molar-refractivity contribution in [3.8, 4) is 6.07 Å². The highest BCUT2D eigenvalue weighted by Gasteiger charge is 2.40. The van der Waals surface area contributed by atoms with Crippen LogP contribution in [0.25, 0.3) is 0 Å². The number of pyridine rings is 2. The number of aromatic nitrogens is 2. The summed E-state index contributed by atoms with van der Waals surface area (Å²) in [6.45, 7) is -0.850. The third-order valence-corrected chi connectivity index (χ3v) is 5.99. The van der Waals surface area contributed by atoms with Gasteiger partial charge in [0.1, 0.15) is 11.9 Å². The van der Waals surface area contributed by atoms with Crippen molar-refractivity contribution < 1.29 is 44.1 Å². The zero-order valence-electron chi connectivity index (χ0n) is 17.8. The Kier molecular flexibility index (Phi) is 7.02. The number of alkyl halides is 5. The number of carbonyl (C=O) groups excluding carboxylic acids is 2. The first-order chi connectivity index (χ1) is 16.6. The Labute approximate surface area is 199 Å². The number of anilines is 2. The second-order valence-corrected chi connectivity index (χ2v) is 8.89. The lowest BCUT2D eigenvalue weighted by molar-refractivity contribution is -0.141. The van der Waals surface area contributed by atoms with Crippen molar-refractivity contribution in [2.24, 2.45) is 5.73 Å². The summed E-state index contributed by atoms with van der Waals surface area (Å²) in [6, 6.07) is 3.78. The molecule has 192 valence electrons. The summed E-state index contributed by atoms with van der Waals surface area (Å²) in [5.41, 5.74) is 1.28. The van der Waals surface area contributed by atoms with Crippen LogP contribution in [0.5, 0.6) is 0 Å². The molecule has 0 atom stereocenters. The minimum atomic E-state index is -5.08. The van der Waals surface area contributed by atoms with Crippen LogP contribution in [0.4, 0.5) is 38.3 Å². The van der Waals surface area contributed by atoms with Gasteiger partial charge in [0, 0.05) is 43.9 Å². The van der Waals surface area contributed by atoms with Gasteiger partial charge in [-0.3, -0.25) is 4.79 Å². The van der Waals surface area contributed by atoms with Crippen LogP contribution in [-0.4, -0.2) is 49.4 Å². The number of nitrogens with zero attached hydrogens (tertiary/aromatic N) is 4. The number of amides is 2. The molecule has 0 spiro atoms. The van der Waals surface area contributed by atoms with Crippen molar-refractivity contribution in [1.29, 1.82) is 5.26 Å². The number of nitrogens with one attached hydrogen (secondary N) is 1. The van der Waals surface area contributed by atoms with Crippen molar-refractivity contribution in [2.75, 3.05) is 23.3 Å². The molecule has 0 saturated carbocycles. The molecule has 2 aromatic rings. The normalized spacial score (nSPS) is 15.6. The molecule has 17 heteroatoms. The second kappa shape index (κ2) is 9.53. The summed E-state index contributed by atoms with van der Waals surface area (Å²) in [5.74, 6) is -4.77. The van der Waals surface area contributed by atoms with E-state index < -0.39 is 87.8 Å². The van der Waals surface area contributed by atoms with E-state index in [0.717, 1.165) is 23.2 Å². The zero-order valence-corrected chi connectivity index (χ0v) is 18.7. The average Bonchev–Trinajstić information content (AvgIpc) is 2.77. The van der Waals surface area contributed by atoms with Gasteiger partial charge in [0.05, 0.1) is 11.1 Å². The maximum absolute atomic E-state index is 13.6. The van der Waals surface area contributed by atoms with Crippen molar-refractivity contribution >= 4 is 33.6 Å². The molecular formula is C19H15F5N6O5S. The van der Waals surface area contributed by atoms with Crippen molar-refractivity contribution in [3.63, 3.8) is 0 Å². The fourth-order valence-corrected chi connectivity index (χ4v) is 3.99. The quantitative estimate of drug-likeness (QED) is 0.433. The van der Waals surface area contributed by atoms with Gasteiger partial charge in [-0.2, -0.15) is 26.9 Å². The Balaban J connectivity index is 2.03. The van der Waals surface area contributed by atoms with Crippen LogP contribution < -0.4 is 16.0 Å². The van der Waals surface area contributed by atoms with Gasteiger partial charge in [-0.15, -0.1) is 0 Å². The van der Waals surface area contributed by atoms with E-state index in [1.54, 1.807) is 0 Å². The first kappa shape index (κ1) is 26.5. The highest BCUT2D eigenvalue weighted by molar-refractivity contribution is 7.87. The average molecular weight is 534 g/mol. The van der Waals surface area contributed by atoms with E-state index in [4.69, 9.17) is 0 Å². The van der Waals surface area contributed by atoms with E-state index in [2.05, 4.69) is 25.2 Å². The number of carbonyl (C=O) groups is 2. The Morgan fingerprint density at radius 2 is 1.86 bits per heavy atom. The van der Waals surface area contributed by atoms with Gasteiger partial charge in [0.25, 0.3) is 11.8 Å². The summed E-state index contributed by atoms with van der Waals surface area (Å²) in [4.78, 5) is 31.7. The van der Waals surface area contributed by atoms with Gasteiger partial charge < -0.3 is 20.1 Å². The fraction of sp³-hybridized carbons (Fsp3) is 0.316. The third-order valence-electron chi connectivity index (χ3n) is 4.87. The summed E-state index contributed by atoms with van der Waals surface area (Å²) in [7, 11) is -4.75. The minimum absolute atomic E-state index is 0.254. The van der Waals surface area contributed by atoms with Gasteiger partial charge >= 0.3 is 22.4 Å². The van der Waals surface area contributed by atoms with Gasteiger partial charge in [-0.25, -0.2) is 23.5 Å². The number of hydrogen-bond acceptors (Lipinski definition) is 9. The highest BCUT2D eigenvalue weighted by atomic mass is 32.2. The van der Waals surface area contributed by atoms with Crippen LogP contribution in [0.1, 0.15) is 34.5 Å². The molecule has 3 N–H and O–H groups in total. The molecule has 1 aliphatic heterocycles. The lowest BCUT2D eigenvalue weighted by Gasteiger charge is -2.33. The lowest BCUT2D eigenvalue weighted by atomic mass is 10.0. The number of halogens is 5. The molecule has 3 heterocycles. The maximum Gasteiger partial charge on any atom is 0.434 e. The van der Waals surface area contributed by atoms with Crippen LogP contribution in [-0.2, 0) is 20.5 Å². The Bertz CT molecular complexity index is 1350. The smallest absolute Gasteiger partial charge is 0.355 e. The summed E-state index contributed by atoms with van der Waals surface area (Å²) in [6.07, 6.45) is -7.23. The number of nitriles is 1. The van der Waals surface area contributed by atoms with Crippen molar-refractivity contribution in [3.05, 3.63) is 41.2 Å². The first-order valence-corrected chi connectivity index (χ1v) is 11.2. The molecular weight excluding hydrogens is 519 g/mol. The maximum atomic E-state index is 13.6. The Morgan fingerprint density at radius 3 is 2.42 bits per heavy atom. The van der Waals surface area contributed by atoms with Crippen LogP contribution in [0.15, 0.2) is 29.4 Å². The molecule has 36 heavy (non-hydrogen) atoms. The molecule has 11 nitrogen and oxygen atoms in total. The Hall–Kier alpha value is -4.07. The topological polar surface area (TPSA) is 168 Å². The predicted octanol–water partition coefficient (Wildman–Crippen LogP) is 2.64. The molecule has 0 radical (unpaired) electrons. The molecule has 2 aromatic heterocycles. The number of hydrogen-bond donors (Lipinski definition) is 2. The molecule has 2 amide bonds. The summed E-state index contributed by atoms with van der Waals surface area (Å²) >= 11 is 0. The fourth-order valence-electron chi connectivity index (χ4n) is 3.23. The molecule has 3 rings (SSSR count). The predicted molar refractivity (Wildman–Crippen MR) is 110 cm³/mol. The van der Waals surface area contributed by atoms with Crippen molar-refractivity contribution in [1.82, 2.24) is 9.97 Å². The molecule has 0 unspecified atom stereocenters. The molecule has 1 aliphatic rings. The molecule has 0 bridgehead atoms. The van der Waals surface area contributed by atoms with Gasteiger partial charge in [-0.05, 0) is 12.1 Å². The third kappa shape index (κ3) is 5.94. The van der Waals surface area contributed by atoms with E-state index in [-0.39, 0.29) is 5.69 Å². The van der Waals surface area contributed by atoms with Crippen molar-refractivity contribution in [2.45, 2.75) is 30.0 Å². The standard InChI is InChI=1S/C19H15F5N6O5S/c20-18(21)2-5-30(6-3-18)15-12(7-10(9-25)14(29-15)19(22,23)24)16(31)28-11-1-4-27-13(8-11)36(33,34)35-17(26)32/h1,4,7-8H,2-3,5-6H2,(H2,26,32)(H,27,28,31). The number of piperidine rings is 1. The summed E-state index contributed by atoms with van der Waals surface area (Å²) < 4.78 is 95.5. The summed E-state index contributed by atoms with van der Waals surface area (Å²) in [5, 5.41) is 10.6. The highest BCUT2D eigenvalue weighted by Crippen LogP contribution is 2.36. The van der Waals surface area contributed by atoms with Gasteiger partial charge in [0.2, 0.25) is 0 Å². The van der Waals surface area contributed by atoms with Crippen LogP contribution in [0.2, 0.25) is 0 Å². The van der Waals surface area contributed by atoms with E-state index in [1.165, 1.54) is 6.07 Å². The van der Waals surface area contributed by atoms with E-state index >= 15 is 0 Å². The van der Waals surface area contributed by atoms with E-state index in [9.17, 15) is 45.2 Å². The monoisotopic (exact) mass is 534 g/mol. The van der Waals surface area contributed by atoms with Gasteiger partial charge in [-0.1, -0.05) is 0 Å². The second-order valence-electron chi connectivity index (χ2n) is 7.40. The van der Waals surface area contributed by atoms with Crippen LogP contribution >= 0.6 is 0 Å². The first-order valence-electron chi connectivity index (χ1n) is 9.79. The SMILES string of the molecule is N#Cc1cc(C(=O)Nc2ccnc(S(=O)(=O)OC(N)=O)c2)c(N2CCC(F)(F)CC2)nc1C(F)(F)F. The lowest BCUT2D eigenvalue weighted by Crippen LogP contribution is -2.41. The largest absolute Gasteiger partial charge is 0.434 e. The number of rotatable bonds is 5. The number of primary amides is 1.